The molecule has 0 spiro atoms. The van der Waals surface area contributed by atoms with E-state index in [9.17, 15) is 9.59 Å². The molecule has 2 aromatic carbocycles. The van der Waals surface area contributed by atoms with Crippen LogP contribution in [0.5, 0.6) is 0 Å². The van der Waals surface area contributed by atoms with Crippen molar-refractivity contribution in [3.05, 3.63) is 92.3 Å². The zero-order valence-corrected chi connectivity index (χ0v) is 16.9. The Kier molecular flexibility index (Phi) is 5.40. The van der Waals surface area contributed by atoms with Gasteiger partial charge in [0.15, 0.2) is 0 Å². The van der Waals surface area contributed by atoms with Gasteiger partial charge < -0.3 is 9.80 Å². The highest BCUT2D eigenvalue weighted by Crippen LogP contribution is 2.28. The highest BCUT2D eigenvalue weighted by Gasteiger charge is 2.19. The average molecular weight is 378 g/mol. The second-order valence-electron chi connectivity index (χ2n) is 7.35. The maximum atomic E-state index is 12.6. The number of H-pyrrole nitrogens is 1. The van der Waals surface area contributed by atoms with E-state index in [-0.39, 0.29) is 11.6 Å². The number of nitrogens with one attached hydrogen (secondary N) is 1. The van der Waals surface area contributed by atoms with Crippen LogP contribution in [-0.2, 0) is 0 Å². The number of aryl methyl sites for hydroxylation is 1. The van der Waals surface area contributed by atoms with Crippen molar-refractivity contribution in [2.24, 2.45) is 0 Å². The van der Waals surface area contributed by atoms with Crippen LogP contribution in [0.1, 0.15) is 22.7 Å². The molecule has 0 atom stereocenters. The molecule has 146 valence electrons. The van der Waals surface area contributed by atoms with Crippen LogP contribution in [0.25, 0.3) is 0 Å². The Balaban J connectivity index is 2.17. The predicted molar refractivity (Wildman–Crippen MR) is 115 cm³/mol. The summed E-state index contributed by atoms with van der Waals surface area (Å²) in [6, 6.07) is 15.9. The fourth-order valence-corrected chi connectivity index (χ4v) is 3.20. The molecule has 0 radical (unpaired) electrons. The number of hydrogen-bond acceptors (Lipinski definition) is 4. The van der Waals surface area contributed by atoms with Crippen molar-refractivity contribution >= 4 is 11.4 Å². The molecule has 1 aromatic heterocycles. The molecule has 0 aliphatic carbocycles. The van der Waals surface area contributed by atoms with Crippen molar-refractivity contribution in [3.8, 4) is 0 Å². The van der Waals surface area contributed by atoms with Crippen LogP contribution in [0, 0.1) is 6.92 Å². The molecule has 1 N–H and O–H groups in total. The summed E-state index contributed by atoms with van der Waals surface area (Å²) in [5, 5.41) is 0. The van der Waals surface area contributed by atoms with E-state index in [4.69, 9.17) is 0 Å². The van der Waals surface area contributed by atoms with Crippen molar-refractivity contribution in [2.45, 2.75) is 13.0 Å². The van der Waals surface area contributed by atoms with Crippen molar-refractivity contribution < 1.29 is 0 Å². The van der Waals surface area contributed by atoms with E-state index >= 15 is 0 Å². The molecule has 0 amide bonds. The lowest BCUT2D eigenvalue weighted by Gasteiger charge is -2.23. The monoisotopic (exact) mass is 378 g/mol. The first kappa shape index (κ1) is 19.5. The van der Waals surface area contributed by atoms with E-state index < -0.39 is 5.69 Å². The lowest BCUT2D eigenvalue weighted by atomic mass is 9.97. The number of aromatic nitrogens is 2. The molecule has 1 heterocycles. The number of rotatable bonds is 5. The molecule has 0 aliphatic rings. The van der Waals surface area contributed by atoms with E-state index in [1.54, 1.807) is 17.7 Å². The van der Waals surface area contributed by atoms with E-state index in [1.807, 2.05) is 86.5 Å². The van der Waals surface area contributed by atoms with Crippen molar-refractivity contribution in [1.29, 1.82) is 0 Å². The Morgan fingerprint density at radius 2 is 1.21 bits per heavy atom. The molecule has 0 bridgehead atoms. The number of anilines is 2. The molecule has 0 unspecified atom stereocenters. The summed E-state index contributed by atoms with van der Waals surface area (Å²) in [6.45, 7) is 1.70. The maximum Gasteiger partial charge on any atom is 0.329 e. The van der Waals surface area contributed by atoms with Crippen LogP contribution in [0.2, 0.25) is 0 Å². The highest BCUT2D eigenvalue weighted by molar-refractivity contribution is 5.50. The fourth-order valence-electron chi connectivity index (χ4n) is 3.20. The van der Waals surface area contributed by atoms with Gasteiger partial charge in [-0.15, -0.1) is 0 Å². The van der Waals surface area contributed by atoms with E-state index in [2.05, 4.69) is 4.98 Å². The highest BCUT2D eigenvalue weighted by atomic mass is 16.2. The SMILES string of the molecule is Cc1cn(C(c2ccc(N(C)C)cc2)c2ccc(N(C)C)cc2)c(=O)[nH]c1=O. The summed E-state index contributed by atoms with van der Waals surface area (Å²) in [5.41, 5.74) is 3.82. The van der Waals surface area contributed by atoms with Gasteiger partial charge in [-0.05, 0) is 42.3 Å². The summed E-state index contributed by atoms with van der Waals surface area (Å²) in [7, 11) is 7.95. The van der Waals surface area contributed by atoms with Gasteiger partial charge in [-0.2, -0.15) is 0 Å². The summed E-state index contributed by atoms with van der Waals surface area (Å²) in [6.07, 6.45) is 1.63. The third-order valence-corrected chi connectivity index (χ3v) is 4.87. The summed E-state index contributed by atoms with van der Waals surface area (Å²) >= 11 is 0. The predicted octanol–water partition coefficient (Wildman–Crippen LogP) is 2.61. The molecule has 3 aromatic rings. The Labute approximate surface area is 164 Å². The zero-order chi connectivity index (χ0) is 20.4. The van der Waals surface area contributed by atoms with Gasteiger partial charge in [-0.3, -0.25) is 14.3 Å². The van der Waals surface area contributed by atoms with Crippen LogP contribution in [0.3, 0.4) is 0 Å². The Morgan fingerprint density at radius 3 is 1.61 bits per heavy atom. The largest absolute Gasteiger partial charge is 0.378 e. The number of aromatic amines is 1. The molecule has 0 saturated heterocycles. The van der Waals surface area contributed by atoms with Crippen LogP contribution in [0.4, 0.5) is 11.4 Å². The molecule has 0 saturated carbocycles. The molecular weight excluding hydrogens is 352 g/mol. The Hall–Kier alpha value is -3.28. The zero-order valence-electron chi connectivity index (χ0n) is 16.9. The van der Waals surface area contributed by atoms with Crippen LogP contribution < -0.4 is 21.0 Å². The smallest absolute Gasteiger partial charge is 0.329 e. The molecule has 0 aliphatic heterocycles. The van der Waals surface area contributed by atoms with Crippen LogP contribution in [-0.4, -0.2) is 37.7 Å². The lowest BCUT2D eigenvalue weighted by Crippen LogP contribution is -2.34. The lowest BCUT2D eigenvalue weighted by molar-refractivity contribution is 0.622. The molecule has 0 fully saturated rings. The second kappa shape index (κ2) is 7.76. The molecule has 6 heteroatoms. The van der Waals surface area contributed by atoms with Crippen molar-refractivity contribution in [3.63, 3.8) is 0 Å². The van der Waals surface area contributed by atoms with Gasteiger partial charge in [-0.1, -0.05) is 24.3 Å². The van der Waals surface area contributed by atoms with Gasteiger partial charge in [0.1, 0.15) is 0 Å². The fraction of sp³-hybridized carbons (Fsp3) is 0.273. The van der Waals surface area contributed by atoms with Gasteiger partial charge in [0.25, 0.3) is 5.56 Å². The quantitative estimate of drug-likeness (QED) is 0.741. The molecular formula is C22H26N4O2. The Morgan fingerprint density at radius 1 is 0.786 bits per heavy atom. The maximum absolute atomic E-state index is 12.6. The minimum Gasteiger partial charge on any atom is -0.378 e. The van der Waals surface area contributed by atoms with Gasteiger partial charge >= 0.3 is 5.69 Å². The van der Waals surface area contributed by atoms with Crippen molar-refractivity contribution in [2.75, 3.05) is 38.0 Å². The van der Waals surface area contributed by atoms with E-state index in [0.717, 1.165) is 22.5 Å². The molecule has 3 rings (SSSR count). The van der Waals surface area contributed by atoms with Gasteiger partial charge in [0.2, 0.25) is 0 Å². The molecule has 28 heavy (non-hydrogen) atoms. The first-order chi connectivity index (χ1) is 13.3. The average Bonchev–Trinajstić information content (AvgIpc) is 2.67. The minimum atomic E-state index is -0.422. The van der Waals surface area contributed by atoms with Gasteiger partial charge in [0, 0.05) is 51.3 Å². The minimum absolute atomic E-state index is 0.338. The van der Waals surface area contributed by atoms with E-state index in [1.165, 1.54) is 0 Å². The second-order valence-corrected chi connectivity index (χ2v) is 7.35. The van der Waals surface area contributed by atoms with E-state index in [0.29, 0.717) is 5.56 Å². The van der Waals surface area contributed by atoms with Crippen LogP contribution >= 0.6 is 0 Å². The van der Waals surface area contributed by atoms with Gasteiger partial charge in [0.05, 0.1) is 6.04 Å². The third kappa shape index (κ3) is 3.86. The Bertz CT molecular complexity index is 1010. The van der Waals surface area contributed by atoms with Crippen LogP contribution in [0.15, 0.2) is 64.3 Å². The summed E-state index contributed by atoms with van der Waals surface area (Å²) < 4.78 is 1.59. The first-order valence-electron chi connectivity index (χ1n) is 9.14. The molecule has 6 nitrogen and oxygen atoms in total. The first-order valence-corrected chi connectivity index (χ1v) is 9.14. The van der Waals surface area contributed by atoms with Crippen molar-refractivity contribution in [1.82, 2.24) is 9.55 Å². The standard InChI is InChI=1S/C22H26N4O2/c1-15-14-26(22(28)23-21(15)27)20(16-6-10-18(11-7-16)24(2)3)17-8-12-19(13-9-17)25(4)5/h6-14,20H,1-5H3,(H,23,27,28). The summed E-state index contributed by atoms with van der Waals surface area (Å²) in [4.78, 5) is 30.9. The topological polar surface area (TPSA) is 61.3 Å². The van der Waals surface area contributed by atoms with Gasteiger partial charge in [-0.25, -0.2) is 4.79 Å². The normalized spacial score (nSPS) is 10.9. The summed E-state index contributed by atoms with van der Waals surface area (Å²) in [5.74, 6) is 0. The number of benzene rings is 2. The number of hydrogen-bond donors (Lipinski definition) is 1. The third-order valence-electron chi connectivity index (χ3n) is 4.87. The number of nitrogens with zero attached hydrogens (tertiary/aromatic N) is 3.